The fourth-order valence-electron chi connectivity index (χ4n) is 6.89. The first-order valence-corrected chi connectivity index (χ1v) is 20.0. The van der Waals surface area contributed by atoms with Crippen molar-refractivity contribution in [1.29, 1.82) is 0 Å². The lowest BCUT2D eigenvalue weighted by Crippen LogP contribution is -2.39. The smallest absolute Gasteiger partial charge is 0.101 e. The number of hydrogen-bond donors (Lipinski definition) is 0. The van der Waals surface area contributed by atoms with Crippen LogP contribution in [-0.4, -0.2) is 29.1 Å². The average molecular weight is 589 g/mol. The van der Waals surface area contributed by atoms with Gasteiger partial charge in [0.25, 0.3) is 0 Å². The molecule has 0 aliphatic carbocycles. The molecule has 1 atom stereocenters. The molecule has 1 aliphatic rings. The van der Waals surface area contributed by atoms with Crippen molar-refractivity contribution in [1.82, 2.24) is 9.80 Å². The highest BCUT2D eigenvalue weighted by molar-refractivity contribution is 4.97. The minimum atomic E-state index is 0.640. The van der Waals surface area contributed by atoms with E-state index < -0.39 is 0 Å². The lowest BCUT2D eigenvalue weighted by molar-refractivity contribution is 0.135. The molecule has 2 nitrogen and oxygen atoms in total. The molecule has 42 heavy (non-hydrogen) atoms. The van der Waals surface area contributed by atoms with E-state index in [1.807, 2.05) is 0 Å². The molecule has 0 aromatic heterocycles. The van der Waals surface area contributed by atoms with Crippen LogP contribution in [-0.2, 0) is 0 Å². The van der Waals surface area contributed by atoms with Crippen molar-refractivity contribution in [2.75, 3.05) is 13.1 Å². The highest BCUT2D eigenvalue weighted by Crippen LogP contribution is 2.24. The minimum Gasteiger partial charge on any atom is -0.356 e. The normalized spacial score (nSPS) is 15.0. The second-order valence-electron chi connectivity index (χ2n) is 13.9. The molecule has 0 N–H and O–H groups in total. The predicted octanol–water partition coefficient (Wildman–Crippen LogP) is 13.9. The fourth-order valence-corrected chi connectivity index (χ4v) is 6.89. The van der Waals surface area contributed by atoms with Gasteiger partial charge in [-0.2, -0.15) is 0 Å². The van der Waals surface area contributed by atoms with Gasteiger partial charge in [0.1, 0.15) is 6.17 Å². The molecule has 1 unspecified atom stereocenters. The standard InChI is InChI=1S/C40H80N2/c1-4-7-10-13-15-17-19-21-22-23-25-27-29-31-34-37-42-39-38-41(40(42)35-32-12-9-6-3)36-33-30-28-26-24-20-18-16-14-11-8-5-2/h38-40H,4-37H2,1-3H3. The first-order chi connectivity index (χ1) is 20.8. The second-order valence-corrected chi connectivity index (χ2v) is 13.9. The van der Waals surface area contributed by atoms with Crippen molar-refractivity contribution in [3.63, 3.8) is 0 Å². The predicted molar refractivity (Wildman–Crippen MR) is 191 cm³/mol. The Hall–Kier alpha value is -0.660. The van der Waals surface area contributed by atoms with Crippen molar-refractivity contribution in [3.05, 3.63) is 12.4 Å². The van der Waals surface area contributed by atoms with Gasteiger partial charge in [0.05, 0.1) is 0 Å². The summed E-state index contributed by atoms with van der Waals surface area (Å²) in [6.45, 7) is 9.49. The Morgan fingerprint density at radius 3 is 0.833 bits per heavy atom. The van der Waals surface area contributed by atoms with Crippen LogP contribution in [0.25, 0.3) is 0 Å². The van der Waals surface area contributed by atoms with Gasteiger partial charge in [-0.1, -0.05) is 201 Å². The molecular formula is C40H80N2. The third kappa shape index (κ3) is 23.8. The first kappa shape index (κ1) is 39.4. The zero-order valence-electron chi connectivity index (χ0n) is 29.7. The second kappa shape index (κ2) is 31.8. The molecule has 2 heteroatoms. The van der Waals surface area contributed by atoms with Gasteiger partial charge < -0.3 is 9.80 Å². The summed E-state index contributed by atoms with van der Waals surface area (Å²) in [5.41, 5.74) is 0. The molecule has 0 aromatic rings. The van der Waals surface area contributed by atoms with Crippen LogP contribution in [0.1, 0.15) is 226 Å². The van der Waals surface area contributed by atoms with Crippen LogP contribution in [0.15, 0.2) is 12.4 Å². The third-order valence-corrected chi connectivity index (χ3v) is 9.82. The molecule has 0 amide bonds. The Kier molecular flexibility index (Phi) is 29.8. The molecule has 1 rings (SSSR count). The average Bonchev–Trinajstić information content (AvgIpc) is 3.38. The monoisotopic (exact) mass is 589 g/mol. The Bertz CT molecular complexity index is 544. The van der Waals surface area contributed by atoms with E-state index in [1.54, 1.807) is 0 Å². The largest absolute Gasteiger partial charge is 0.356 e. The van der Waals surface area contributed by atoms with Gasteiger partial charge >= 0.3 is 0 Å². The van der Waals surface area contributed by atoms with E-state index >= 15 is 0 Å². The highest BCUT2D eigenvalue weighted by Gasteiger charge is 2.24. The summed E-state index contributed by atoms with van der Waals surface area (Å²) in [6, 6.07) is 0. The first-order valence-electron chi connectivity index (χ1n) is 20.0. The lowest BCUT2D eigenvalue weighted by atomic mass is 10.0. The van der Waals surface area contributed by atoms with Crippen LogP contribution in [0.2, 0.25) is 0 Å². The maximum absolute atomic E-state index is 2.70. The number of nitrogens with zero attached hydrogens (tertiary/aromatic N) is 2. The fraction of sp³-hybridized carbons (Fsp3) is 0.950. The molecule has 1 aliphatic heterocycles. The Morgan fingerprint density at radius 1 is 0.310 bits per heavy atom. The van der Waals surface area contributed by atoms with E-state index in [1.165, 1.54) is 219 Å². The molecule has 0 bridgehead atoms. The van der Waals surface area contributed by atoms with Gasteiger partial charge in [0.15, 0.2) is 0 Å². The van der Waals surface area contributed by atoms with Gasteiger partial charge in [-0.25, -0.2) is 0 Å². The van der Waals surface area contributed by atoms with Crippen molar-refractivity contribution in [3.8, 4) is 0 Å². The zero-order chi connectivity index (χ0) is 30.2. The van der Waals surface area contributed by atoms with Gasteiger partial charge in [0, 0.05) is 25.5 Å². The quantitative estimate of drug-likeness (QED) is 0.0690. The summed E-state index contributed by atoms with van der Waals surface area (Å²) < 4.78 is 0. The topological polar surface area (TPSA) is 6.48 Å². The van der Waals surface area contributed by atoms with E-state index in [2.05, 4.69) is 43.0 Å². The van der Waals surface area contributed by atoms with E-state index in [0.29, 0.717) is 6.17 Å². The van der Waals surface area contributed by atoms with Crippen LogP contribution in [0, 0.1) is 0 Å². The van der Waals surface area contributed by atoms with Gasteiger partial charge in [-0.05, 0) is 25.7 Å². The minimum absolute atomic E-state index is 0.640. The Balaban J connectivity index is 2.08. The summed E-state index contributed by atoms with van der Waals surface area (Å²) in [5.74, 6) is 0. The van der Waals surface area contributed by atoms with Crippen molar-refractivity contribution in [2.24, 2.45) is 0 Å². The summed E-state index contributed by atoms with van der Waals surface area (Å²) in [4.78, 5) is 5.40. The summed E-state index contributed by atoms with van der Waals surface area (Å²) in [7, 11) is 0. The molecule has 1 heterocycles. The summed E-state index contributed by atoms with van der Waals surface area (Å²) >= 11 is 0. The molecule has 0 saturated carbocycles. The number of rotatable bonds is 34. The Labute approximate surface area is 267 Å². The van der Waals surface area contributed by atoms with Crippen LogP contribution >= 0.6 is 0 Å². The van der Waals surface area contributed by atoms with Gasteiger partial charge in [-0.15, -0.1) is 0 Å². The number of hydrogen-bond acceptors (Lipinski definition) is 2. The SMILES string of the molecule is CCCCCCCCCCCCCCCCCN1C=CN(CCCCCCCCCCCCCC)C1CCCCCC. The maximum atomic E-state index is 2.70. The lowest BCUT2D eigenvalue weighted by Gasteiger charge is -2.33. The van der Waals surface area contributed by atoms with E-state index in [0.717, 1.165) is 0 Å². The van der Waals surface area contributed by atoms with Crippen LogP contribution in [0.5, 0.6) is 0 Å². The molecule has 0 saturated heterocycles. The van der Waals surface area contributed by atoms with Crippen molar-refractivity contribution < 1.29 is 0 Å². The molecule has 0 spiro atoms. The molecular weight excluding hydrogens is 508 g/mol. The van der Waals surface area contributed by atoms with Crippen LogP contribution in [0.3, 0.4) is 0 Å². The molecule has 250 valence electrons. The zero-order valence-corrected chi connectivity index (χ0v) is 29.7. The third-order valence-electron chi connectivity index (χ3n) is 9.82. The van der Waals surface area contributed by atoms with Gasteiger partial charge in [0.2, 0.25) is 0 Å². The molecule has 0 aromatic carbocycles. The van der Waals surface area contributed by atoms with E-state index in [-0.39, 0.29) is 0 Å². The Morgan fingerprint density at radius 2 is 0.548 bits per heavy atom. The van der Waals surface area contributed by atoms with Gasteiger partial charge in [-0.3, -0.25) is 0 Å². The van der Waals surface area contributed by atoms with Crippen LogP contribution < -0.4 is 0 Å². The van der Waals surface area contributed by atoms with Crippen molar-refractivity contribution in [2.45, 2.75) is 232 Å². The van der Waals surface area contributed by atoms with Crippen LogP contribution in [0.4, 0.5) is 0 Å². The van der Waals surface area contributed by atoms with Crippen molar-refractivity contribution >= 4 is 0 Å². The summed E-state index contributed by atoms with van der Waals surface area (Å²) in [6.07, 6.45) is 51.4. The molecule has 0 fully saturated rings. The van der Waals surface area contributed by atoms with E-state index in [4.69, 9.17) is 0 Å². The molecule has 0 radical (unpaired) electrons. The summed E-state index contributed by atoms with van der Waals surface area (Å²) in [5, 5.41) is 0. The highest BCUT2D eigenvalue weighted by atomic mass is 15.4. The maximum Gasteiger partial charge on any atom is 0.101 e. The number of unbranched alkanes of at least 4 members (excludes halogenated alkanes) is 28. The van der Waals surface area contributed by atoms with E-state index in [9.17, 15) is 0 Å².